The fraction of sp³-hybridized carbons (Fsp3) is 0.500. The van der Waals surface area contributed by atoms with Crippen LogP contribution in [0, 0.1) is 0 Å². The summed E-state index contributed by atoms with van der Waals surface area (Å²) in [6, 6.07) is 5.50. The quantitative estimate of drug-likeness (QED) is 0.775. The monoisotopic (exact) mass is 359 g/mol. The molecule has 3 aromatic rings. The predicted octanol–water partition coefficient (Wildman–Crippen LogP) is 3.52. The Morgan fingerprint density at radius 1 is 1.19 bits per heavy atom. The van der Waals surface area contributed by atoms with E-state index in [2.05, 4.69) is 20.6 Å². The van der Waals surface area contributed by atoms with E-state index in [1.54, 1.807) is 10.9 Å². The maximum atomic E-state index is 13.2. The first-order valence-electron chi connectivity index (χ1n) is 8.99. The second kappa shape index (κ2) is 5.84. The maximum Gasteiger partial charge on any atom is 0.252 e. The summed E-state index contributed by atoms with van der Waals surface area (Å²) >= 11 is 0. The molecule has 0 spiro atoms. The molecule has 1 aromatic carbocycles. The smallest absolute Gasteiger partial charge is 0.252 e. The standard InChI is InChI=1S/C18H19F2N5O/c19-18(20)8-14(9-18)25-15-7-12(1-2-13(15)10-22-25)16-23-17(26-24-16)11-3-5-21-6-4-11/h1-2,7,10-11,14,21H,3-6,8-9H2. The number of fused-ring (bicyclic) bond motifs is 1. The molecule has 3 heterocycles. The molecule has 6 nitrogen and oxygen atoms in total. The van der Waals surface area contributed by atoms with E-state index in [0.717, 1.165) is 42.4 Å². The molecule has 1 saturated carbocycles. The van der Waals surface area contributed by atoms with Crippen molar-refractivity contribution in [2.24, 2.45) is 0 Å². The first kappa shape index (κ1) is 15.9. The molecule has 1 N–H and O–H groups in total. The molecule has 5 rings (SSSR count). The Kier molecular flexibility index (Phi) is 3.56. The third-order valence-corrected chi connectivity index (χ3v) is 5.40. The van der Waals surface area contributed by atoms with Gasteiger partial charge in [-0.3, -0.25) is 4.68 Å². The molecule has 0 atom stereocenters. The van der Waals surface area contributed by atoms with Gasteiger partial charge in [0.2, 0.25) is 11.7 Å². The van der Waals surface area contributed by atoms with E-state index in [9.17, 15) is 8.78 Å². The van der Waals surface area contributed by atoms with Gasteiger partial charge in [0.05, 0.1) is 17.8 Å². The molecule has 2 aliphatic rings. The van der Waals surface area contributed by atoms with Crippen LogP contribution in [-0.2, 0) is 0 Å². The number of nitrogens with one attached hydrogen (secondary N) is 1. The van der Waals surface area contributed by atoms with E-state index in [1.807, 2.05) is 18.2 Å². The van der Waals surface area contributed by atoms with Gasteiger partial charge in [-0.1, -0.05) is 17.3 Å². The van der Waals surface area contributed by atoms with Crippen molar-refractivity contribution in [3.05, 3.63) is 30.3 Å². The van der Waals surface area contributed by atoms with E-state index in [4.69, 9.17) is 4.52 Å². The fourth-order valence-corrected chi connectivity index (χ4v) is 3.86. The van der Waals surface area contributed by atoms with Crippen LogP contribution in [-0.4, -0.2) is 38.9 Å². The van der Waals surface area contributed by atoms with E-state index in [0.29, 0.717) is 17.6 Å². The van der Waals surface area contributed by atoms with Gasteiger partial charge in [0.1, 0.15) is 0 Å². The van der Waals surface area contributed by atoms with Gasteiger partial charge in [0.15, 0.2) is 0 Å². The Morgan fingerprint density at radius 3 is 2.77 bits per heavy atom. The van der Waals surface area contributed by atoms with Crippen LogP contribution in [0.4, 0.5) is 8.78 Å². The Labute approximate surface area is 148 Å². The summed E-state index contributed by atoms with van der Waals surface area (Å²) in [6.07, 6.45) is 3.38. The fourth-order valence-electron chi connectivity index (χ4n) is 3.86. The molecule has 26 heavy (non-hydrogen) atoms. The van der Waals surface area contributed by atoms with Crippen molar-refractivity contribution in [1.82, 2.24) is 25.2 Å². The normalized spacial score (nSPS) is 21.2. The topological polar surface area (TPSA) is 68.8 Å². The van der Waals surface area contributed by atoms with Crippen LogP contribution < -0.4 is 5.32 Å². The molecular formula is C18H19F2N5O. The number of aromatic nitrogens is 4. The number of benzene rings is 1. The third kappa shape index (κ3) is 2.68. The van der Waals surface area contributed by atoms with Crippen molar-refractivity contribution in [3.63, 3.8) is 0 Å². The summed E-state index contributed by atoms with van der Waals surface area (Å²) in [7, 11) is 0. The molecule has 1 aliphatic heterocycles. The molecule has 8 heteroatoms. The second-order valence-corrected chi connectivity index (χ2v) is 7.26. The minimum atomic E-state index is -2.57. The molecule has 1 saturated heterocycles. The molecular weight excluding hydrogens is 340 g/mol. The highest BCUT2D eigenvalue weighted by Crippen LogP contribution is 2.46. The zero-order valence-corrected chi connectivity index (χ0v) is 14.2. The number of halogens is 2. The van der Waals surface area contributed by atoms with E-state index >= 15 is 0 Å². The van der Waals surface area contributed by atoms with E-state index < -0.39 is 5.92 Å². The van der Waals surface area contributed by atoms with Gasteiger partial charge in [0.25, 0.3) is 5.92 Å². The Bertz CT molecular complexity index is 936. The van der Waals surface area contributed by atoms with E-state index in [-0.39, 0.29) is 18.9 Å². The highest BCUT2D eigenvalue weighted by Gasteiger charge is 2.47. The zero-order valence-electron chi connectivity index (χ0n) is 14.2. The van der Waals surface area contributed by atoms with Crippen LogP contribution in [0.15, 0.2) is 28.9 Å². The van der Waals surface area contributed by atoms with Gasteiger partial charge in [-0.2, -0.15) is 10.1 Å². The summed E-state index contributed by atoms with van der Waals surface area (Å²) in [4.78, 5) is 4.57. The predicted molar refractivity (Wildman–Crippen MR) is 91.1 cm³/mol. The van der Waals surface area contributed by atoms with Gasteiger partial charge >= 0.3 is 0 Å². The van der Waals surface area contributed by atoms with Gasteiger partial charge in [-0.05, 0) is 32.0 Å². The van der Waals surface area contributed by atoms with Crippen molar-refractivity contribution >= 4 is 10.9 Å². The lowest BCUT2D eigenvalue weighted by Gasteiger charge is -2.35. The first-order valence-corrected chi connectivity index (χ1v) is 8.99. The highest BCUT2D eigenvalue weighted by molar-refractivity contribution is 5.83. The van der Waals surface area contributed by atoms with Crippen LogP contribution in [0.25, 0.3) is 22.3 Å². The Morgan fingerprint density at radius 2 is 2.00 bits per heavy atom. The average Bonchev–Trinajstić information content (AvgIpc) is 3.27. The van der Waals surface area contributed by atoms with Crippen LogP contribution >= 0.6 is 0 Å². The van der Waals surface area contributed by atoms with Gasteiger partial charge in [-0.15, -0.1) is 0 Å². The number of hydrogen-bond donors (Lipinski definition) is 1. The van der Waals surface area contributed by atoms with Crippen molar-refractivity contribution in [2.75, 3.05) is 13.1 Å². The van der Waals surface area contributed by atoms with Gasteiger partial charge < -0.3 is 9.84 Å². The molecule has 136 valence electrons. The molecule has 1 aliphatic carbocycles. The summed E-state index contributed by atoms with van der Waals surface area (Å²) in [5, 5.41) is 12.7. The van der Waals surface area contributed by atoms with Crippen LogP contribution in [0.5, 0.6) is 0 Å². The molecule has 0 bridgehead atoms. The number of piperidine rings is 1. The lowest BCUT2D eigenvalue weighted by Crippen LogP contribution is -2.37. The Hall–Kier alpha value is -2.35. The number of rotatable bonds is 3. The van der Waals surface area contributed by atoms with Gasteiger partial charge in [0, 0.05) is 29.7 Å². The first-order chi connectivity index (χ1) is 12.6. The van der Waals surface area contributed by atoms with Crippen molar-refractivity contribution in [1.29, 1.82) is 0 Å². The maximum absolute atomic E-state index is 13.2. The Balaban J connectivity index is 1.45. The number of nitrogens with zero attached hydrogens (tertiary/aromatic N) is 4. The highest BCUT2D eigenvalue weighted by atomic mass is 19.3. The molecule has 0 amide bonds. The molecule has 0 unspecified atom stereocenters. The second-order valence-electron chi connectivity index (χ2n) is 7.26. The molecule has 2 aromatic heterocycles. The van der Waals surface area contributed by atoms with Crippen molar-refractivity contribution < 1.29 is 13.3 Å². The summed E-state index contributed by atoms with van der Waals surface area (Å²) in [5.74, 6) is -1.07. The summed E-state index contributed by atoms with van der Waals surface area (Å²) in [5.41, 5.74) is 1.64. The largest absolute Gasteiger partial charge is 0.339 e. The van der Waals surface area contributed by atoms with Gasteiger partial charge in [-0.25, -0.2) is 8.78 Å². The minimum Gasteiger partial charge on any atom is -0.339 e. The molecule has 2 fully saturated rings. The van der Waals surface area contributed by atoms with Crippen molar-refractivity contribution in [2.45, 2.75) is 43.6 Å². The molecule has 0 radical (unpaired) electrons. The zero-order chi connectivity index (χ0) is 17.7. The summed E-state index contributed by atoms with van der Waals surface area (Å²) in [6.45, 7) is 1.92. The minimum absolute atomic E-state index is 0.157. The summed E-state index contributed by atoms with van der Waals surface area (Å²) < 4.78 is 33.6. The van der Waals surface area contributed by atoms with E-state index in [1.165, 1.54) is 0 Å². The number of alkyl halides is 2. The van der Waals surface area contributed by atoms with Crippen LogP contribution in [0.3, 0.4) is 0 Å². The van der Waals surface area contributed by atoms with Crippen LogP contribution in [0.1, 0.15) is 43.5 Å². The lowest BCUT2D eigenvalue weighted by atomic mass is 9.88. The van der Waals surface area contributed by atoms with Crippen LogP contribution in [0.2, 0.25) is 0 Å². The van der Waals surface area contributed by atoms with Crippen molar-refractivity contribution in [3.8, 4) is 11.4 Å². The average molecular weight is 359 g/mol. The number of hydrogen-bond acceptors (Lipinski definition) is 5. The third-order valence-electron chi connectivity index (χ3n) is 5.40. The SMILES string of the molecule is FC1(F)CC(n2ncc3ccc(-c4noc(C5CCNCC5)n4)cc32)C1. The lowest BCUT2D eigenvalue weighted by molar-refractivity contribution is -0.105.